The Morgan fingerprint density at radius 1 is 1.24 bits per heavy atom. The largest absolute Gasteiger partial charge is 0.397 e. The van der Waals surface area contributed by atoms with Crippen LogP contribution in [0.4, 0.5) is 0 Å². The molecule has 0 bridgehead atoms. The highest BCUT2D eigenvalue weighted by atomic mass is 32.3. The van der Waals surface area contributed by atoms with Gasteiger partial charge in [0.05, 0.1) is 6.10 Å². The number of fused-ring (bicyclic) bond motifs is 1. The van der Waals surface area contributed by atoms with Crippen molar-refractivity contribution >= 4 is 34.1 Å². The van der Waals surface area contributed by atoms with E-state index in [1.54, 1.807) is 18.7 Å². The quantitative estimate of drug-likeness (QED) is 0.0668. The number of carbonyl (C=O) groups is 3. The number of guanidine groups is 1. The van der Waals surface area contributed by atoms with Gasteiger partial charge in [0.25, 0.3) is 5.91 Å². The topological polar surface area (TPSA) is 225 Å². The molecule has 3 aliphatic rings. The molecule has 232 valence electrons. The van der Waals surface area contributed by atoms with Crippen LogP contribution in [0.2, 0.25) is 0 Å². The molecule has 7 N–H and O–H groups in total. The molecule has 6 atom stereocenters. The molecule has 0 aromatic heterocycles. The van der Waals surface area contributed by atoms with Gasteiger partial charge in [-0.1, -0.05) is 25.5 Å². The molecule has 0 aromatic carbocycles. The third-order valence-corrected chi connectivity index (χ3v) is 8.39. The van der Waals surface area contributed by atoms with Gasteiger partial charge in [0.1, 0.15) is 18.7 Å². The first-order chi connectivity index (χ1) is 19.2. The monoisotopic (exact) mass is 602 g/mol. The van der Waals surface area contributed by atoms with Gasteiger partial charge in [0, 0.05) is 32.8 Å². The van der Waals surface area contributed by atoms with Crippen LogP contribution in [-0.2, 0) is 33.7 Å². The van der Waals surface area contributed by atoms with Gasteiger partial charge in [-0.05, 0) is 43.9 Å². The van der Waals surface area contributed by atoms with Crippen molar-refractivity contribution in [3.05, 3.63) is 11.6 Å². The Balaban J connectivity index is 1.72. The molecule has 3 rings (SSSR count). The van der Waals surface area contributed by atoms with E-state index in [1.807, 2.05) is 6.08 Å². The van der Waals surface area contributed by atoms with Gasteiger partial charge >= 0.3 is 10.4 Å². The second-order valence-electron chi connectivity index (χ2n) is 11.1. The average molecular weight is 603 g/mol. The molecular weight excluding hydrogens is 560 g/mol. The number of aliphatic hydroxyl groups is 1. The number of rotatable bonds is 12. The summed E-state index contributed by atoms with van der Waals surface area (Å²) in [5.74, 6) is -2.06. The molecule has 15 nitrogen and oxygen atoms in total. The molecule has 41 heavy (non-hydrogen) atoms. The smallest absolute Gasteiger partial charge is 0.393 e. The van der Waals surface area contributed by atoms with E-state index in [0.717, 1.165) is 12.7 Å². The van der Waals surface area contributed by atoms with Crippen LogP contribution >= 0.6 is 0 Å². The zero-order chi connectivity index (χ0) is 30.5. The van der Waals surface area contributed by atoms with Gasteiger partial charge in [-0.2, -0.15) is 8.42 Å². The Hall–Kier alpha value is -2.79. The average Bonchev–Trinajstić information content (AvgIpc) is 3.51. The zero-order valence-electron chi connectivity index (χ0n) is 23.6. The molecule has 1 saturated carbocycles. The third-order valence-electron chi connectivity index (χ3n) is 7.96. The summed E-state index contributed by atoms with van der Waals surface area (Å²) in [6.45, 7) is 4.04. The second kappa shape index (κ2) is 13.9. The van der Waals surface area contributed by atoms with E-state index in [9.17, 15) is 27.9 Å². The summed E-state index contributed by atoms with van der Waals surface area (Å²) in [6, 6.07) is -2.27. The van der Waals surface area contributed by atoms with Crippen molar-refractivity contribution < 1.29 is 41.4 Å². The Kier molecular flexibility index (Phi) is 11.1. The molecule has 0 radical (unpaired) electrons. The summed E-state index contributed by atoms with van der Waals surface area (Å²) >= 11 is 0. The number of methoxy groups -OCH3 is 1. The lowest BCUT2D eigenvalue weighted by atomic mass is 9.83. The van der Waals surface area contributed by atoms with E-state index in [0.29, 0.717) is 51.7 Å². The highest BCUT2D eigenvalue weighted by molar-refractivity contribution is 7.80. The Bertz CT molecular complexity index is 1130. The van der Waals surface area contributed by atoms with Gasteiger partial charge in [0.2, 0.25) is 11.8 Å². The molecule has 1 saturated heterocycles. The minimum Gasteiger partial charge on any atom is -0.393 e. The molecule has 16 heteroatoms. The first-order valence-electron chi connectivity index (χ1n) is 13.7. The fourth-order valence-electron chi connectivity index (χ4n) is 5.75. The third kappa shape index (κ3) is 8.61. The van der Waals surface area contributed by atoms with Crippen molar-refractivity contribution in [3.63, 3.8) is 0 Å². The Labute approximate surface area is 240 Å². The number of ether oxygens (including phenoxy) is 1. The normalized spacial score (nSPS) is 25.9. The molecule has 2 unspecified atom stereocenters. The summed E-state index contributed by atoms with van der Waals surface area (Å²) in [5.41, 5.74) is 6.59. The van der Waals surface area contributed by atoms with Gasteiger partial charge in [-0.25, -0.2) is 4.18 Å². The molecular formula is C25H42N6O9S. The van der Waals surface area contributed by atoms with Crippen molar-refractivity contribution in [2.75, 3.05) is 33.4 Å². The second-order valence-corrected chi connectivity index (χ2v) is 12.2. The number of nitrogens with two attached hydrogens (primary N) is 1. The Morgan fingerprint density at radius 3 is 2.54 bits per heavy atom. The van der Waals surface area contributed by atoms with Crippen LogP contribution < -0.4 is 16.4 Å². The summed E-state index contributed by atoms with van der Waals surface area (Å²) in [6.07, 6.45) is 2.46. The van der Waals surface area contributed by atoms with Crippen molar-refractivity contribution in [1.29, 1.82) is 5.41 Å². The lowest BCUT2D eigenvalue weighted by Gasteiger charge is -2.38. The van der Waals surface area contributed by atoms with Crippen LogP contribution in [0.25, 0.3) is 0 Å². The van der Waals surface area contributed by atoms with E-state index in [1.165, 1.54) is 4.90 Å². The maximum Gasteiger partial charge on any atom is 0.397 e. The van der Waals surface area contributed by atoms with Crippen molar-refractivity contribution in [2.24, 2.45) is 17.6 Å². The van der Waals surface area contributed by atoms with Gasteiger partial charge < -0.3 is 36.0 Å². The van der Waals surface area contributed by atoms with E-state index < -0.39 is 59.0 Å². The number of nitrogens with one attached hydrogen (secondary N) is 3. The van der Waals surface area contributed by atoms with Crippen molar-refractivity contribution in [2.45, 2.75) is 76.3 Å². The molecule has 2 heterocycles. The van der Waals surface area contributed by atoms with Crippen LogP contribution in [0.1, 0.15) is 46.0 Å². The molecule has 0 spiro atoms. The van der Waals surface area contributed by atoms with Crippen LogP contribution in [0, 0.1) is 17.2 Å². The number of aliphatic hydroxyl groups excluding tert-OH is 1. The number of nitrogens with zero attached hydrogens (tertiary/aromatic N) is 2. The number of amides is 3. The fourth-order valence-corrected chi connectivity index (χ4v) is 6.04. The molecule has 2 aliphatic heterocycles. The highest BCUT2D eigenvalue weighted by Gasteiger charge is 2.50. The van der Waals surface area contributed by atoms with Crippen molar-refractivity contribution in [3.8, 4) is 0 Å². The lowest BCUT2D eigenvalue weighted by Crippen LogP contribution is -2.59. The number of carbonyl (C=O) groups excluding carboxylic acids is 3. The highest BCUT2D eigenvalue weighted by Crippen LogP contribution is 2.40. The maximum absolute atomic E-state index is 14.0. The van der Waals surface area contributed by atoms with E-state index in [2.05, 4.69) is 14.8 Å². The summed E-state index contributed by atoms with van der Waals surface area (Å²) in [5, 5.41) is 23.5. The van der Waals surface area contributed by atoms with Crippen LogP contribution in [0.15, 0.2) is 11.6 Å². The molecule has 1 aliphatic carbocycles. The van der Waals surface area contributed by atoms with Gasteiger partial charge in [-0.15, -0.1) is 0 Å². The predicted octanol–water partition coefficient (Wildman–Crippen LogP) is -1.27. The number of hydrogen-bond donors (Lipinski definition) is 6. The minimum atomic E-state index is -4.82. The van der Waals surface area contributed by atoms with Crippen LogP contribution in [0.5, 0.6) is 0 Å². The van der Waals surface area contributed by atoms with E-state index in [-0.39, 0.29) is 23.8 Å². The van der Waals surface area contributed by atoms with Gasteiger partial charge in [0.15, 0.2) is 12.1 Å². The first kappa shape index (κ1) is 32.7. The molecule has 0 aromatic rings. The fraction of sp³-hybridized carbons (Fsp3) is 0.760. The molecule has 2 fully saturated rings. The lowest BCUT2D eigenvalue weighted by molar-refractivity contribution is -0.147. The first-order valence-corrected chi connectivity index (χ1v) is 15.1. The number of hydrogen-bond acceptors (Lipinski definition) is 9. The zero-order valence-corrected chi connectivity index (χ0v) is 24.4. The van der Waals surface area contributed by atoms with Crippen molar-refractivity contribution in [1.82, 2.24) is 20.4 Å². The SMILES string of the molecule is COC(COS(=O)(=O)O)C(=O)NC(C(=O)N1[C@H](C(=O)NCCC2=CCN(C(=N)N)C2)C[C@@H]2CC[C@@H](O)C[C@@H]21)C(C)C. The predicted molar refractivity (Wildman–Crippen MR) is 147 cm³/mol. The summed E-state index contributed by atoms with van der Waals surface area (Å²) in [7, 11) is -3.67. The van der Waals surface area contributed by atoms with E-state index >= 15 is 0 Å². The van der Waals surface area contributed by atoms with Crippen LogP contribution in [-0.4, -0.2) is 115 Å². The molecule has 3 amide bonds. The maximum atomic E-state index is 14.0. The van der Waals surface area contributed by atoms with E-state index in [4.69, 9.17) is 20.4 Å². The Morgan fingerprint density at radius 2 is 1.95 bits per heavy atom. The van der Waals surface area contributed by atoms with Gasteiger partial charge in [-0.3, -0.25) is 24.3 Å². The summed E-state index contributed by atoms with van der Waals surface area (Å²) < 4.78 is 40.0. The minimum absolute atomic E-state index is 0.0122. The standard InChI is InChI=1S/C25H42N6O9S/c1-14(2)21(29-23(34)20(39-3)13-40-41(36,37)38)24(35)31-18-11-17(32)5-4-16(18)10-19(31)22(33)28-8-6-15-7-9-30(12-15)25(26)27/h7,14,16-21,32H,4-6,8-13H2,1-3H3,(H3,26,27)(H,28,33)(H,29,34)(H,36,37,38)/t16-,17+,18-,19-,20?,21?/m0/s1. The number of likely N-dealkylation sites (tertiary alicyclic amines) is 1. The van der Waals surface area contributed by atoms with Crippen LogP contribution in [0.3, 0.4) is 0 Å². The summed E-state index contributed by atoms with van der Waals surface area (Å²) in [4.78, 5) is 43.5.